The average Bonchev–Trinajstić information content (AvgIpc) is 2.35. The standard InChI is InChI=1S/C11H17N3O3/c1-3-16-7-8(2)17-10-6-4-5-9(13-10)11(12)14-15/h4-6,8,15H,3,7H2,1-2H3,(H2,12,14). The maximum Gasteiger partial charge on any atom is 0.214 e. The van der Waals surface area contributed by atoms with Gasteiger partial charge in [0.1, 0.15) is 11.8 Å². The van der Waals surface area contributed by atoms with Crippen LogP contribution in [0.4, 0.5) is 0 Å². The first-order valence-electron chi connectivity index (χ1n) is 5.36. The van der Waals surface area contributed by atoms with Crippen molar-refractivity contribution >= 4 is 5.84 Å². The van der Waals surface area contributed by atoms with Crippen molar-refractivity contribution < 1.29 is 14.7 Å². The predicted molar refractivity (Wildman–Crippen MR) is 63.3 cm³/mol. The van der Waals surface area contributed by atoms with Crippen LogP contribution in [0.15, 0.2) is 23.4 Å². The lowest BCUT2D eigenvalue weighted by Crippen LogP contribution is -2.21. The van der Waals surface area contributed by atoms with E-state index in [4.69, 9.17) is 20.4 Å². The van der Waals surface area contributed by atoms with Crippen molar-refractivity contribution in [3.05, 3.63) is 23.9 Å². The monoisotopic (exact) mass is 239 g/mol. The number of nitrogens with zero attached hydrogens (tertiary/aromatic N) is 2. The highest BCUT2D eigenvalue weighted by molar-refractivity contribution is 5.95. The van der Waals surface area contributed by atoms with E-state index in [0.29, 0.717) is 24.8 Å². The molecule has 0 radical (unpaired) electrons. The second-order valence-electron chi connectivity index (χ2n) is 3.43. The fraction of sp³-hybridized carbons (Fsp3) is 0.455. The van der Waals surface area contributed by atoms with Crippen molar-refractivity contribution in [2.45, 2.75) is 20.0 Å². The smallest absolute Gasteiger partial charge is 0.214 e. The van der Waals surface area contributed by atoms with Gasteiger partial charge in [-0.2, -0.15) is 0 Å². The molecular weight excluding hydrogens is 222 g/mol. The van der Waals surface area contributed by atoms with Crippen LogP contribution in [0.25, 0.3) is 0 Å². The predicted octanol–water partition coefficient (Wildman–Crippen LogP) is 0.980. The molecule has 3 N–H and O–H groups in total. The van der Waals surface area contributed by atoms with Crippen LogP contribution in [0.5, 0.6) is 5.88 Å². The molecule has 0 amide bonds. The SMILES string of the molecule is CCOCC(C)Oc1cccc(/C(N)=N/O)n1. The molecule has 0 saturated heterocycles. The molecule has 1 aromatic rings. The van der Waals surface area contributed by atoms with Crippen LogP contribution >= 0.6 is 0 Å². The molecule has 0 bridgehead atoms. The molecule has 0 aliphatic heterocycles. The fourth-order valence-electron chi connectivity index (χ4n) is 1.20. The summed E-state index contributed by atoms with van der Waals surface area (Å²) in [6.07, 6.45) is -0.106. The Labute approximate surface area is 100 Å². The maximum atomic E-state index is 8.54. The van der Waals surface area contributed by atoms with Gasteiger partial charge in [0.05, 0.1) is 6.61 Å². The van der Waals surface area contributed by atoms with Crippen LogP contribution in [-0.2, 0) is 4.74 Å². The van der Waals surface area contributed by atoms with E-state index in [1.54, 1.807) is 18.2 Å². The van der Waals surface area contributed by atoms with E-state index >= 15 is 0 Å². The van der Waals surface area contributed by atoms with Crippen LogP contribution < -0.4 is 10.5 Å². The molecule has 6 nitrogen and oxygen atoms in total. The topological polar surface area (TPSA) is 90.0 Å². The summed E-state index contributed by atoms with van der Waals surface area (Å²) in [5.74, 6) is 0.370. The highest BCUT2D eigenvalue weighted by atomic mass is 16.5. The number of oxime groups is 1. The third-order valence-electron chi connectivity index (χ3n) is 1.97. The van der Waals surface area contributed by atoms with Crippen molar-refractivity contribution in [1.82, 2.24) is 4.98 Å². The number of aromatic nitrogens is 1. The number of ether oxygens (including phenoxy) is 2. The lowest BCUT2D eigenvalue weighted by Gasteiger charge is -2.13. The van der Waals surface area contributed by atoms with Crippen LogP contribution in [0, 0.1) is 0 Å². The van der Waals surface area contributed by atoms with Gasteiger partial charge in [-0.1, -0.05) is 11.2 Å². The summed E-state index contributed by atoms with van der Waals surface area (Å²) in [6, 6.07) is 5.06. The summed E-state index contributed by atoms with van der Waals surface area (Å²) in [5.41, 5.74) is 5.80. The molecule has 6 heteroatoms. The van der Waals surface area contributed by atoms with E-state index in [9.17, 15) is 0 Å². The van der Waals surface area contributed by atoms with Gasteiger partial charge in [0.2, 0.25) is 5.88 Å². The van der Waals surface area contributed by atoms with Gasteiger partial charge >= 0.3 is 0 Å². The summed E-state index contributed by atoms with van der Waals surface area (Å²) in [4.78, 5) is 4.10. The van der Waals surface area contributed by atoms with E-state index in [1.807, 2.05) is 13.8 Å². The Bertz CT molecular complexity index is 382. The molecule has 1 atom stereocenters. The zero-order valence-corrected chi connectivity index (χ0v) is 9.96. The molecule has 0 aliphatic carbocycles. The highest BCUT2D eigenvalue weighted by Gasteiger charge is 2.07. The van der Waals surface area contributed by atoms with Gasteiger partial charge in [-0.25, -0.2) is 4.98 Å². The highest BCUT2D eigenvalue weighted by Crippen LogP contribution is 2.09. The minimum absolute atomic E-state index is 0.0482. The second-order valence-corrected chi connectivity index (χ2v) is 3.43. The van der Waals surface area contributed by atoms with Gasteiger partial charge in [-0.05, 0) is 19.9 Å². The molecule has 1 rings (SSSR count). The fourth-order valence-corrected chi connectivity index (χ4v) is 1.20. The molecule has 0 fully saturated rings. The van der Waals surface area contributed by atoms with Crippen LogP contribution in [-0.4, -0.2) is 35.3 Å². The normalized spacial score (nSPS) is 13.4. The summed E-state index contributed by atoms with van der Waals surface area (Å²) >= 11 is 0. The molecule has 1 unspecified atom stereocenters. The van der Waals surface area contributed by atoms with Crippen molar-refractivity contribution in [3.8, 4) is 5.88 Å². The van der Waals surface area contributed by atoms with Gasteiger partial charge in [0.25, 0.3) is 0 Å². The zero-order valence-electron chi connectivity index (χ0n) is 9.96. The number of rotatable bonds is 6. The Morgan fingerprint density at radius 2 is 2.35 bits per heavy atom. The van der Waals surface area contributed by atoms with Crippen LogP contribution in [0.1, 0.15) is 19.5 Å². The number of nitrogens with two attached hydrogens (primary N) is 1. The number of hydrogen-bond acceptors (Lipinski definition) is 5. The Morgan fingerprint density at radius 3 is 3.00 bits per heavy atom. The Hall–Kier alpha value is -1.82. The summed E-state index contributed by atoms with van der Waals surface area (Å²) in [5, 5.41) is 11.4. The average molecular weight is 239 g/mol. The Morgan fingerprint density at radius 1 is 1.59 bits per heavy atom. The number of hydrogen-bond donors (Lipinski definition) is 2. The van der Waals surface area contributed by atoms with E-state index in [1.165, 1.54) is 0 Å². The largest absolute Gasteiger partial charge is 0.472 e. The molecule has 0 saturated carbocycles. The molecule has 0 aromatic carbocycles. The van der Waals surface area contributed by atoms with Gasteiger partial charge < -0.3 is 20.4 Å². The van der Waals surface area contributed by atoms with Gasteiger partial charge in [-0.15, -0.1) is 0 Å². The molecule has 1 heterocycles. The number of amidine groups is 1. The zero-order chi connectivity index (χ0) is 12.7. The van der Waals surface area contributed by atoms with Crippen molar-refractivity contribution in [1.29, 1.82) is 0 Å². The minimum atomic E-state index is -0.106. The van der Waals surface area contributed by atoms with Crippen LogP contribution in [0.2, 0.25) is 0 Å². The van der Waals surface area contributed by atoms with Gasteiger partial charge in [-0.3, -0.25) is 0 Å². The second kappa shape index (κ2) is 6.70. The third kappa shape index (κ3) is 4.28. The maximum absolute atomic E-state index is 8.54. The first-order chi connectivity index (χ1) is 8.17. The Kier molecular flexibility index (Phi) is 5.22. The summed E-state index contributed by atoms with van der Waals surface area (Å²) in [6.45, 7) is 4.94. The molecule has 0 aliphatic rings. The molecule has 0 spiro atoms. The van der Waals surface area contributed by atoms with Gasteiger partial charge in [0, 0.05) is 12.7 Å². The summed E-state index contributed by atoms with van der Waals surface area (Å²) < 4.78 is 10.7. The van der Waals surface area contributed by atoms with Crippen molar-refractivity contribution in [3.63, 3.8) is 0 Å². The lowest BCUT2D eigenvalue weighted by atomic mass is 10.3. The molecule has 1 aromatic heterocycles. The lowest BCUT2D eigenvalue weighted by molar-refractivity contribution is 0.0633. The Balaban J connectivity index is 2.65. The van der Waals surface area contributed by atoms with E-state index in [-0.39, 0.29) is 11.9 Å². The quantitative estimate of drug-likeness (QED) is 0.334. The number of pyridine rings is 1. The van der Waals surface area contributed by atoms with E-state index in [2.05, 4.69) is 10.1 Å². The van der Waals surface area contributed by atoms with Crippen molar-refractivity contribution in [2.24, 2.45) is 10.9 Å². The van der Waals surface area contributed by atoms with Crippen LogP contribution in [0.3, 0.4) is 0 Å². The summed E-state index contributed by atoms with van der Waals surface area (Å²) in [7, 11) is 0. The minimum Gasteiger partial charge on any atom is -0.472 e. The first-order valence-corrected chi connectivity index (χ1v) is 5.36. The molecule has 94 valence electrons. The van der Waals surface area contributed by atoms with Crippen molar-refractivity contribution in [2.75, 3.05) is 13.2 Å². The molecule has 17 heavy (non-hydrogen) atoms. The van der Waals surface area contributed by atoms with Gasteiger partial charge in [0.15, 0.2) is 5.84 Å². The first kappa shape index (κ1) is 13.2. The van der Waals surface area contributed by atoms with E-state index in [0.717, 1.165) is 0 Å². The van der Waals surface area contributed by atoms with E-state index < -0.39 is 0 Å². The third-order valence-corrected chi connectivity index (χ3v) is 1.97. The molecular formula is C11H17N3O3.